The first-order chi connectivity index (χ1) is 10.1. The van der Waals surface area contributed by atoms with E-state index < -0.39 is 0 Å². The van der Waals surface area contributed by atoms with E-state index in [0.717, 1.165) is 32.3 Å². The van der Waals surface area contributed by atoms with Crippen LogP contribution in [0.1, 0.15) is 23.0 Å². The fraction of sp³-hybridized carbons (Fsp3) is 0.176. The van der Waals surface area contributed by atoms with Crippen LogP contribution < -0.4 is 5.73 Å². The van der Waals surface area contributed by atoms with Crippen molar-refractivity contribution in [1.29, 1.82) is 0 Å². The molecule has 0 fully saturated rings. The molecular formula is C17H16BrN3. The number of halogens is 1. The van der Waals surface area contributed by atoms with E-state index in [1.165, 1.54) is 0 Å². The Morgan fingerprint density at radius 3 is 2.76 bits per heavy atom. The summed E-state index contributed by atoms with van der Waals surface area (Å²) in [5.74, 6) is 0. The van der Waals surface area contributed by atoms with Crippen molar-refractivity contribution >= 4 is 26.8 Å². The van der Waals surface area contributed by atoms with Crippen LogP contribution in [0, 0.1) is 6.92 Å². The Morgan fingerprint density at radius 2 is 2.00 bits per heavy atom. The van der Waals surface area contributed by atoms with Gasteiger partial charge in [0.25, 0.3) is 0 Å². The van der Waals surface area contributed by atoms with Gasteiger partial charge in [-0.2, -0.15) is 0 Å². The molecule has 2 aromatic heterocycles. The molecule has 1 atom stereocenters. The van der Waals surface area contributed by atoms with Crippen LogP contribution in [0.3, 0.4) is 0 Å². The van der Waals surface area contributed by atoms with Crippen LogP contribution in [-0.4, -0.2) is 9.97 Å². The maximum absolute atomic E-state index is 6.42. The van der Waals surface area contributed by atoms with Gasteiger partial charge in [0, 0.05) is 39.9 Å². The Labute approximate surface area is 132 Å². The number of pyridine rings is 2. The third kappa shape index (κ3) is 3.12. The van der Waals surface area contributed by atoms with Crippen LogP contribution in [0.2, 0.25) is 0 Å². The molecule has 0 saturated heterocycles. The third-order valence-corrected chi connectivity index (χ3v) is 3.96. The van der Waals surface area contributed by atoms with E-state index in [1.54, 1.807) is 6.20 Å². The molecule has 2 heterocycles. The minimum atomic E-state index is -0.0923. The lowest BCUT2D eigenvalue weighted by atomic mass is 9.98. The lowest BCUT2D eigenvalue weighted by Gasteiger charge is -2.15. The summed E-state index contributed by atoms with van der Waals surface area (Å²) in [6.45, 7) is 2.00. The minimum Gasteiger partial charge on any atom is -0.324 e. The van der Waals surface area contributed by atoms with Gasteiger partial charge in [-0.05, 0) is 52.7 Å². The van der Waals surface area contributed by atoms with Crippen molar-refractivity contribution in [3.05, 3.63) is 70.1 Å². The molecule has 0 saturated carbocycles. The summed E-state index contributed by atoms with van der Waals surface area (Å²) in [5, 5.41) is 1.12. The van der Waals surface area contributed by atoms with E-state index in [2.05, 4.69) is 38.0 Å². The van der Waals surface area contributed by atoms with Crippen molar-refractivity contribution in [2.45, 2.75) is 19.4 Å². The monoisotopic (exact) mass is 341 g/mol. The third-order valence-electron chi connectivity index (χ3n) is 3.49. The number of hydrogen-bond donors (Lipinski definition) is 1. The van der Waals surface area contributed by atoms with Crippen LogP contribution >= 0.6 is 15.9 Å². The summed E-state index contributed by atoms with van der Waals surface area (Å²) >= 11 is 3.40. The van der Waals surface area contributed by atoms with Gasteiger partial charge in [-0.3, -0.25) is 9.97 Å². The van der Waals surface area contributed by atoms with Crippen LogP contribution in [0.15, 0.2) is 53.1 Å². The van der Waals surface area contributed by atoms with Gasteiger partial charge in [0.15, 0.2) is 0 Å². The summed E-state index contributed by atoms with van der Waals surface area (Å²) in [4.78, 5) is 8.96. The topological polar surface area (TPSA) is 51.8 Å². The number of aromatic nitrogens is 2. The molecule has 0 bridgehead atoms. The largest absolute Gasteiger partial charge is 0.324 e. The SMILES string of the molecule is Cc1cc(C(N)Cc2ccc(Br)cn2)c2ccccc2n1. The highest BCUT2D eigenvalue weighted by molar-refractivity contribution is 9.10. The van der Waals surface area contributed by atoms with E-state index in [-0.39, 0.29) is 6.04 Å². The molecule has 0 amide bonds. The zero-order valence-electron chi connectivity index (χ0n) is 11.8. The Kier molecular flexibility index (Phi) is 3.99. The van der Waals surface area contributed by atoms with Crippen LogP contribution in [-0.2, 0) is 6.42 Å². The summed E-state index contributed by atoms with van der Waals surface area (Å²) in [6.07, 6.45) is 2.51. The second-order valence-corrected chi connectivity index (χ2v) is 6.06. The molecule has 2 N–H and O–H groups in total. The van der Waals surface area contributed by atoms with Gasteiger partial charge >= 0.3 is 0 Å². The number of rotatable bonds is 3. The highest BCUT2D eigenvalue weighted by Crippen LogP contribution is 2.25. The number of benzene rings is 1. The second kappa shape index (κ2) is 5.92. The lowest BCUT2D eigenvalue weighted by molar-refractivity contribution is 0.710. The molecule has 0 aliphatic rings. The van der Waals surface area contributed by atoms with Crippen molar-refractivity contribution in [3.8, 4) is 0 Å². The molecule has 0 spiro atoms. The predicted molar refractivity (Wildman–Crippen MR) is 89.0 cm³/mol. The van der Waals surface area contributed by atoms with Crippen LogP contribution in [0.5, 0.6) is 0 Å². The van der Waals surface area contributed by atoms with Gasteiger partial charge in [-0.25, -0.2) is 0 Å². The molecule has 1 unspecified atom stereocenters. The Bertz CT molecular complexity index is 769. The fourth-order valence-electron chi connectivity index (χ4n) is 2.51. The van der Waals surface area contributed by atoms with Crippen molar-refractivity contribution in [2.24, 2.45) is 5.73 Å². The number of hydrogen-bond acceptors (Lipinski definition) is 3. The number of nitrogens with two attached hydrogens (primary N) is 1. The molecule has 0 aliphatic carbocycles. The van der Waals surface area contributed by atoms with Gasteiger partial charge in [-0.15, -0.1) is 0 Å². The zero-order valence-corrected chi connectivity index (χ0v) is 13.3. The molecule has 3 nitrogen and oxygen atoms in total. The Morgan fingerprint density at radius 1 is 1.19 bits per heavy atom. The molecule has 0 aliphatic heterocycles. The maximum atomic E-state index is 6.42. The van der Waals surface area contributed by atoms with E-state index in [9.17, 15) is 0 Å². The predicted octanol–water partition coefficient (Wildman–Crippen LogP) is 3.94. The molecule has 4 heteroatoms. The Balaban J connectivity index is 1.97. The summed E-state index contributed by atoms with van der Waals surface area (Å²) in [5.41, 5.74) is 10.5. The van der Waals surface area contributed by atoms with Gasteiger partial charge in [0.05, 0.1) is 5.52 Å². The first kappa shape index (κ1) is 14.2. The molecule has 21 heavy (non-hydrogen) atoms. The summed E-state index contributed by atoms with van der Waals surface area (Å²) < 4.78 is 0.977. The number of aryl methyl sites for hydroxylation is 1. The van der Waals surface area contributed by atoms with Crippen molar-refractivity contribution in [1.82, 2.24) is 9.97 Å². The van der Waals surface area contributed by atoms with E-state index in [4.69, 9.17) is 5.73 Å². The standard InChI is InChI=1S/C17H16BrN3/c1-11-8-15(14-4-2-3-5-17(14)21-11)16(19)9-13-7-6-12(18)10-20-13/h2-8,10,16H,9,19H2,1H3. The smallest absolute Gasteiger partial charge is 0.0708 e. The fourth-order valence-corrected chi connectivity index (χ4v) is 2.74. The summed E-state index contributed by atoms with van der Waals surface area (Å²) in [6, 6.07) is 14.1. The minimum absolute atomic E-state index is 0.0923. The molecule has 1 aromatic carbocycles. The average Bonchev–Trinajstić information content (AvgIpc) is 2.48. The highest BCUT2D eigenvalue weighted by atomic mass is 79.9. The lowest BCUT2D eigenvalue weighted by Crippen LogP contribution is -2.15. The van der Waals surface area contributed by atoms with E-state index in [1.807, 2.05) is 37.3 Å². The second-order valence-electron chi connectivity index (χ2n) is 5.15. The normalized spacial score (nSPS) is 12.5. The van der Waals surface area contributed by atoms with Crippen LogP contribution in [0.4, 0.5) is 0 Å². The molecule has 3 aromatic rings. The maximum Gasteiger partial charge on any atom is 0.0708 e. The Hall–Kier alpha value is -1.78. The first-order valence-corrected chi connectivity index (χ1v) is 7.65. The summed E-state index contributed by atoms with van der Waals surface area (Å²) in [7, 11) is 0. The number of para-hydroxylation sites is 1. The highest BCUT2D eigenvalue weighted by Gasteiger charge is 2.13. The van der Waals surface area contributed by atoms with Crippen LogP contribution in [0.25, 0.3) is 10.9 Å². The van der Waals surface area contributed by atoms with Gasteiger partial charge in [0.1, 0.15) is 0 Å². The molecular weight excluding hydrogens is 326 g/mol. The average molecular weight is 342 g/mol. The molecule has 3 rings (SSSR count). The van der Waals surface area contributed by atoms with Crippen molar-refractivity contribution in [2.75, 3.05) is 0 Å². The van der Waals surface area contributed by atoms with E-state index in [0.29, 0.717) is 6.42 Å². The number of nitrogens with zero attached hydrogens (tertiary/aromatic N) is 2. The van der Waals surface area contributed by atoms with Gasteiger partial charge in [0.2, 0.25) is 0 Å². The zero-order chi connectivity index (χ0) is 14.8. The van der Waals surface area contributed by atoms with Gasteiger partial charge < -0.3 is 5.73 Å². The van der Waals surface area contributed by atoms with Crippen molar-refractivity contribution in [3.63, 3.8) is 0 Å². The molecule has 0 radical (unpaired) electrons. The van der Waals surface area contributed by atoms with Crippen molar-refractivity contribution < 1.29 is 0 Å². The van der Waals surface area contributed by atoms with Gasteiger partial charge in [-0.1, -0.05) is 18.2 Å². The number of fused-ring (bicyclic) bond motifs is 1. The molecule has 106 valence electrons. The van der Waals surface area contributed by atoms with E-state index >= 15 is 0 Å². The quantitative estimate of drug-likeness (QED) is 0.784. The first-order valence-electron chi connectivity index (χ1n) is 6.86.